The van der Waals surface area contributed by atoms with E-state index in [1.165, 1.54) is 0 Å². The molecule has 0 aromatic heterocycles. The van der Waals surface area contributed by atoms with E-state index in [9.17, 15) is 0 Å². The van der Waals surface area contributed by atoms with Crippen molar-refractivity contribution >= 4 is 0 Å². The standard InChI is InChI=1S/C6H15N3O/c1-3-5(8)6(9)4(2-7)10-3/h3-6H,2,7-9H2,1H3/t3-,4?,5?,6?/m1/s1. The first-order valence-electron chi connectivity index (χ1n) is 3.53. The van der Waals surface area contributed by atoms with Gasteiger partial charge in [-0.1, -0.05) is 0 Å². The Morgan fingerprint density at radius 2 is 1.90 bits per heavy atom. The number of rotatable bonds is 1. The van der Waals surface area contributed by atoms with Gasteiger partial charge >= 0.3 is 0 Å². The quantitative estimate of drug-likeness (QED) is 0.414. The van der Waals surface area contributed by atoms with Gasteiger partial charge in [0.05, 0.1) is 12.2 Å². The summed E-state index contributed by atoms with van der Waals surface area (Å²) in [7, 11) is 0. The summed E-state index contributed by atoms with van der Waals surface area (Å²) in [4.78, 5) is 0. The first kappa shape index (κ1) is 7.94. The van der Waals surface area contributed by atoms with Crippen LogP contribution in [0.5, 0.6) is 0 Å². The van der Waals surface area contributed by atoms with Crippen LogP contribution in [0.25, 0.3) is 0 Å². The van der Waals surface area contributed by atoms with E-state index in [0.29, 0.717) is 6.54 Å². The van der Waals surface area contributed by atoms with Gasteiger partial charge in [0.25, 0.3) is 0 Å². The van der Waals surface area contributed by atoms with Crippen LogP contribution < -0.4 is 17.2 Å². The molecular formula is C6H15N3O. The molecule has 1 fully saturated rings. The molecule has 1 heterocycles. The van der Waals surface area contributed by atoms with Crippen LogP contribution in [0.15, 0.2) is 0 Å². The summed E-state index contributed by atoms with van der Waals surface area (Å²) in [5.41, 5.74) is 16.8. The Bertz CT molecular complexity index is 120. The lowest BCUT2D eigenvalue weighted by atomic mass is 10.1. The molecule has 0 aliphatic carbocycles. The molecule has 0 aromatic rings. The molecule has 60 valence electrons. The molecule has 1 aliphatic rings. The summed E-state index contributed by atoms with van der Waals surface area (Å²) in [6.07, 6.45) is -0.00597. The minimum Gasteiger partial charge on any atom is -0.371 e. The molecule has 4 heteroatoms. The van der Waals surface area contributed by atoms with Gasteiger partial charge in [-0.3, -0.25) is 0 Å². The van der Waals surface area contributed by atoms with Gasteiger partial charge in [0.15, 0.2) is 0 Å². The molecule has 1 saturated heterocycles. The van der Waals surface area contributed by atoms with Crippen LogP contribution in [0.3, 0.4) is 0 Å². The Labute approximate surface area is 60.7 Å². The maximum Gasteiger partial charge on any atom is 0.0868 e. The Kier molecular flexibility index (Phi) is 2.25. The van der Waals surface area contributed by atoms with Gasteiger partial charge < -0.3 is 21.9 Å². The molecule has 1 rings (SSSR count). The molecule has 3 unspecified atom stereocenters. The summed E-state index contributed by atoms with van der Waals surface area (Å²) < 4.78 is 5.36. The van der Waals surface area contributed by atoms with Crippen molar-refractivity contribution in [2.75, 3.05) is 6.54 Å². The van der Waals surface area contributed by atoms with Crippen LogP contribution in [-0.4, -0.2) is 30.8 Å². The highest BCUT2D eigenvalue weighted by Crippen LogP contribution is 2.16. The van der Waals surface area contributed by atoms with Gasteiger partial charge in [0.2, 0.25) is 0 Å². The second-order valence-electron chi connectivity index (χ2n) is 2.77. The van der Waals surface area contributed by atoms with Crippen molar-refractivity contribution in [3.8, 4) is 0 Å². The Morgan fingerprint density at radius 1 is 1.30 bits per heavy atom. The molecule has 0 amide bonds. The zero-order valence-electron chi connectivity index (χ0n) is 6.16. The number of ether oxygens (including phenoxy) is 1. The van der Waals surface area contributed by atoms with E-state index in [1.54, 1.807) is 0 Å². The maximum absolute atomic E-state index is 5.69. The topological polar surface area (TPSA) is 87.3 Å². The molecule has 0 saturated carbocycles. The summed E-state index contributed by atoms with van der Waals surface area (Å²) >= 11 is 0. The molecule has 4 nitrogen and oxygen atoms in total. The minimum atomic E-state index is -0.0972. The highest BCUT2D eigenvalue weighted by molar-refractivity contribution is 4.94. The van der Waals surface area contributed by atoms with E-state index in [4.69, 9.17) is 21.9 Å². The first-order chi connectivity index (χ1) is 4.66. The molecule has 6 N–H and O–H groups in total. The maximum atomic E-state index is 5.69. The fourth-order valence-corrected chi connectivity index (χ4v) is 1.23. The zero-order chi connectivity index (χ0) is 7.72. The van der Waals surface area contributed by atoms with Crippen molar-refractivity contribution < 1.29 is 4.74 Å². The molecule has 0 bridgehead atoms. The van der Waals surface area contributed by atoms with Gasteiger partial charge in [-0.05, 0) is 6.92 Å². The van der Waals surface area contributed by atoms with E-state index in [2.05, 4.69) is 0 Å². The van der Waals surface area contributed by atoms with E-state index in [-0.39, 0.29) is 24.3 Å². The summed E-state index contributed by atoms with van der Waals surface area (Å²) in [5.74, 6) is 0. The second-order valence-corrected chi connectivity index (χ2v) is 2.77. The van der Waals surface area contributed by atoms with Crippen molar-refractivity contribution in [3.05, 3.63) is 0 Å². The average molecular weight is 145 g/mol. The van der Waals surface area contributed by atoms with Gasteiger partial charge in [0.1, 0.15) is 0 Å². The molecular weight excluding hydrogens is 130 g/mol. The third-order valence-corrected chi connectivity index (χ3v) is 2.04. The average Bonchev–Trinajstić information content (AvgIpc) is 2.17. The SMILES string of the molecule is C[C@H]1OC(CN)C(N)C1N. The Hall–Kier alpha value is -0.160. The smallest absolute Gasteiger partial charge is 0.0868 e. The van der Waals surface area contributed by atoms with Crippen molar-refractivity contribution in [2.45, 2.75) is 31.2 Å². The predicted octanol–water partition coefficient (Wildman–Crippen LogP) is -1.61. The third kappa shape index (κ3) is 1.15. The Balaban J connectivity index is 2.53. The molecule has 0 radical (unpaired) electrons. The van der Waals surface area contributed by atoms with Crippen molar-refractivity contribution in [2.24, 2.45) is 17.2 Å². The number of hydrogen-bond donors (Lipinski definition) is 3. The van der Waals surface area contributed by atoms with Crippen LogP contribution in [0.2, 0.25) is 0 Å². The third-order valence-electron chi connectivity index (χ3n) is 2.04. The van der Waals surface area contributed by atoms with Crippen LogP contribution in [0.4, 0.5) is 0 Å². The molecule has 4 atom stereocenters. The lowest BCUT2D eigenvalue weighted by Gasteiger charge is -2.12. The zero-order valence-corrected chi connectivity index (χ0v) is 6.16. The lowest BCUT2D eigenvalue weighted by Crippen LogP contribution is -2.47. The van der Waals surface area contributed by atoms with Crippen LogP contribution in [0, 0.1) is 0 Å². The number of hydrogen-bond acceptors (Lipinski definition) is 4. The summed E-state index contributed by atoms with van der Waals surface area (Å²) in [5, 5.41) is 0. The van der Waals surface area contributed by atoms with E-state index in [1.807, 2.05) is 6.92 Å². The molecule has 0 spiro atoms. The summed E-state index contributed by atoms with van der Waals surface area (Å²) in [6, 6.07) is -0.159. The highest BCUT2D eigenvalue weighted by Gasteiger charge is 2.36. The molecule has 0 aromatic carbocycles. The fourth-order valence-electron chi connectivity index (χ4n) is 1.23. The van der Waals surface area contributed by atoms with Crippen LogP contribution in [0.1, 0.15) is 6.92 Å². The predicted molar refractivity (Wildman–Crippen MR) is 39.3 cm³/mol. The molecule has 10 heavy (non-hydrogen) atoms. The normalized spacial score (nSPS) is 48.0. The van der Waals surface area contributed by atoms with Crippen LogP contribution in [-0.2, 0) is 4.74 Å². The van der Waals surface area contributed by atoms with Gasteiger partial charge in [-0.15, -0.1) is 0 Å². The van der Waals surface area contributed by atoms with Crippen LogP contribution >= 0.6 is 0 Å². The molecule has 1 aliphatic heterocycles. The van der Waals surface area contributed by atoms with Gasteiger partial charge in [-0.2, -0.15) is 0 Å². The van der Waals surface area contributed by atoms with Crippen molar-refractivity contribution in [3.63, 3.8) is 0 Å². The number of nitrogens with two attached hydrogens (primary N) is 3. The van der Waals surface area contributed by atoms with Crippen molar-refractivity contribution in [1.29, 1.82) is 0 Å². The van der Waals surface area contributed by atoms with Crippen molar-refractivity contribution in [1.82, 2.24) is 0 Å². The monoisotopic (exact) mass is 145 g/mol. The largest absolute Gasteiger partial charge is 0.371 e. The first-order valence-corrected chi connectivity index (χ1v) is 3.53. The van der Waals surface area contributed by atoms with Gasteiger partial charge in [-0.25, -0.2) is 0 Å². The minimum absolute atomic E-state index is 0.0450. The summed E-state index contributed by atoms with van der Waals surface area (Å²) in [6.45, 7) is 2.37. The highest BCUT2D eigenvalue weighted by atomic mass is 16.5. The second kappa shape index (κ2) is 2.84. The Morgan fingerprint density at radius 3 is 2.10 bits per heavy atom. The van der Waals surface area contributed by atoms with Gasteiger partial charge in [0, 0.05) is 18.6 Å². The van der Waals surface area contributed by atoms with E-state index < -0.39 is 0 Å². The van der Waals surface area contributed by atoms with E-state index in [0.717, 1.165) is 0 Å². The van der Waals surface area contributed by atoms with E-state index >= 15 is 0 Å². The fraction of sp³-hybridized carbons (Fsp3) is 1.00. The lowest BCUT2D eigenvalue weighted by molar-refractivity contribution is 0.0548.